The average molecular weight is 824 g/mol. The van der Waals surface area contributed by atoms with E-state index in [-0.39, 0.29) is 12.8 Å². The van der Waals surface area contributed by atoms with Crippen molar-refractivity contribution in [3.05, 3.63) is 72.9 Å². The third kappa shape index (κ3) is 38.2. The van der Waals surface area contributed by atoms with Gasteiger partial charge in [-0.05, 0) is 44.9 Å². The molecular weight excluding hydrogens is 749 g/mol. The van der Waals surface area contributed by atoms with Crippen LogP contribution >= 0.6 is 7.82 Å². The van der Waals surface area contributed by atoms with E-state index in [4.69, 9.17) is 24.8 Å². The molecule has 0 aromatic heterocycles. The van der Waals surface area contributed by atoms with E-state index in [9.17, 15) is 28.9 Å². The molecule has 0 bridgehead atoms. The van der Waals surface area contributed by atoms with E-state index in [1.165, 1.54) is 57.8 Å². The highest BCUT2D eigenvalue weighted by Gasteiger charge is 2.28. The number of phosphoric acid groups is 1. The standard InChI is InChI=1S/C44H74NO11P/c1-3-5-7-9-11-13-15-17-19-21-23-25-28-32-39(46)33-29-27-31-35-43(48)56-40(37-54-57(51,52)55-38-41(45)44(49)50)36-53-42(47)34-30-26-24-22-20-18-16-14-12-10-8-6-4-2/h5,7,11,13,17,19,23,25,27-29,32,39-41,46H,3-4,6,8-10,12,14-16,18,20-22,24,26,30-31,33-38,45H2,1-2H3,(H,49,50)(H,51,52)/b7-5-,13-11-,19-17-,25-23-,29-27-,32-28-/t39?,40-,41+/m1/s1. The van der Waals surface area contributed by atoms with Gasteiger partial charge in [-0.25, -0.2) is 4.57 Å². The molecule has 0 radical (unpaired) electrons. The Morgan fingerprint density at radius 1 is 0.649 bits per heavy atom. The van der Waals surface area contributed by atoms with E-state index in [1.54, 1.807) is 24.3 Å². The highest BCUT2D eigenvalue weighted by molar-refractivity contribution is 7.47. The second-order valence-corrected chi connectivity index (χ2v) is 15.4. The van der Waals surface area contributed by atoms with Gasteiger partial charge in [0.25, 0.3) is 0 Å². The number of phosphoric ester groups is 1. The van der Waals surface area contributed by atoms with Crippen molar-refractivity contribution in [2.24, 2.45) is 5.73 Å². The molecule has 0 fully saturated rings. The molecule has 0 rings (SSSR count). The smallest absolute Gasteiger partial charge is 0.472 e. The molecule has 326 valence electrons. The third-order valence-electron chi connectivity index (χ3n) is 8.56. The molecule has 0 spiro atoms. The normalized spacial score (nSPS) is 15.0. The molecule has 0 heterocycles. The molecule has 13 heteroatoms. The number of nitrogens with two attached hydrogens (primary N) is 1. The Labute approximate surface area is 343 Å². The summed E-state index contributed by atoms with van der Waals surface area (Å²) in [5.41, 5.74) is 5.31. The Morgan fingerprint density at radius 2 is 1.19 bits per heavy atom. The van der Waals surface area contributed by atoms with Gasteiger partial charge in [0.15, 0.2) is 6.10 Å². The van der Waals surface area contributed by atoms with Crippen LogP contribution in [0.2, 0.25) is 0 Å². The Kier molecular flexibility index (Phi) is 36.3. The quantitative estimate of drug-likeness (QED) is 0.0152. The zero-order valence-corrected chi connectivity index (χ0v) is 35.7. The predicted octanol–water partition coefficient (Wildman–Crippen LogP) is 9.92. The number of carbonyl (C=O) groups is 3. The number of carboxylic acids is 1. The van der Waals surface area contributed by atoms with E-state index in [0.717, 1.165) is 44.9 Å². The molecule has 0 saturated carbocycles. The molecule has 0 aliphatic rings. The molecule has 12 nitrogen and oxygen atoms in total. The number of carbonyl (C=O) groups excluding carboxylic acids is 2. The van der Waals surface area contributed by atoms with Gasteiger partial charge in [0.05, 0.1) is 19.3 Å². The monoisotopic (exact) mass is 823 g/mol. The minimum atomic E-state index is -4.76. The number of aliphatic hydroxyl groups excluding tert-OH is 1. The average Bonchev–Trinajstić information content (AvgIpc) is 3.18. The van der Waals surface area contributed by atoms with Gasteiger partial charge in [-0.2, -0.15) is 0 Å². The van der Waals surface area contributed by atoms with Crippen molar-refractivity contribution in [3.63, 3.8) is 0 Å². The van der Waals surface area contributed by atoms with Crippen LogP contribution in [0.4, 0.5) is 0 Å². The second-order valence-electron chi connectivity index (χ2n) is 13.9. The number of aliphatic carboxylic acids is 1. The van der Waals surface area contributed by atoms with Crippen LogP contribution in [0.15, 0.2) is 72.9 Å². The van der Waals surface area contributed by atoms with E-state index >= 15 is 0 Å². The molecular formula is C44H74NO11P. The van der Waals surface area contributed by atoms with Crippen LogP contribution in [0, 0.1) is 0 Å². The molecule has 0 aliphatic heterocycles. The summed E-state index contributed by atoms with van der Waals surface area (Å²) in [5.74, 6) is -2.59. The van der Waals surface area contributed by atoms with Crippen molar-refractivity contribution in [3.8, 4) is 0 Å². The summed E-state index contributed by atoms with van der Waals surface area (Å²) in [6.45, 7) is 2.49. The molecule has 0 saturated heterocycles. The van der Waals surface area contributed by atoms with E-state index < -0.39 is 63.8 Å². The van der Waals surface area contributed by atoms with Gasteiger partial charge in [-0.15, -0.1) is 0 Å². The molecule has 0 aliphatic carbocycles. The van der Waals surface area contributed by atoms with Gasteiger partial charge in [-0.1, -0.05) is 164 Å². The molecule has 0 amide bonds. The largest absolute Gasteiger partial charge is 0.480 e. The van der Waals surface area contributed by atoms with Gasteiger partial charge in [0.1, 0.15) is 12.6 Å². The van der Waals surface area contributed by atoms with Crippen LogP contribution in [-0.2, 0) is 37.5 Å². The summed E-state index contributed by atoms with van der Waals surface area (Å²) < 4.78 is 32.5. The summed E-state index contributed by atoms with van der Waals surface area (Å²) in [6, 6.07) is -1.55. The summed E-state index contributed by atoms with van der Waals surface area (Å²) in [7, 11) is -4.76. The lowest BCUT2D eigenvalue weighted by Gasteiger charge is -2.20. The minimum absolute atomic E-state index is 0.0471. The first-order valence-electron chi connectivity index (χ1n) is 21.1. The van der Waals surface area contributed by atoms with E-state index in [0.29, 0.717) is 19.3 Å². The maximum absolute atomic E-state index is 12.6. The number of ether oxygens (including phenoxy) is 2. The highest BCUT2D eigenvalue weighted by Crippen LogP contribution is 2.43. The number of unbranched alkanes of at least 4 members (excludes halogenated alkanes) is 12. The van der Waals surface area contributed by atoms with Gasteiger partial charge in [0.2, 0.25) is 0 Å². The molecule has 2 unspecified atom stereocenters. The Balaban J connectivity index is 4.62. The van der Waals surface area contributed by atoms with Gasteiger partial charge in [-0.3, -0.25) is 23.4 Å². The maximum Gasteiger partial charge on any atom is 0.472 e. The number of esters is 2. The molecule has 57 heavy (non-hydrogen) atoms. The van der Waals surface area contributed by atoms with E-state index in [2.05, 4.69) is 54.8 Å². The van der Waals surface area contributed by atoms with Gasteiger partial charge < -0.3 is 30.3 Å². The first-order valence-corrected chi connectivity index (χ1v) is 22.6. The molecule has 4 atom stereocenters. The fourth-order valence-electron chi connectivity index (χ4n) is 5.23. The zero-order chi connectivity index (χ0) is 42.2. The second kappa shape index (κ2) is 38.4. The topological polar surface area (TPSA) is 192 Å². The van der Waals surface area contributed by atoms with Crippen molar-refractivity contribution in [1.82, 2.24) is 0 Å². The first-order chi connectivity index (χ1) is 27.5. The fraction of sp³-hybridized carbons (Fsp3) is 0.659. The van der Waals surface area contributed by atoms with Crippen LogP contribution in [0.5, 0.6) is 0 Å². The van der Waals surface area contributed by atoms with Crippen LogP contribution in [0.25, 0.3) is 0 Å². The number of carboxylic acid groups (broad SMARTS) is 1. The summed E-state index contributed by atoms with van der Waals surface area (Å²) in [6.07, 6.45) is 41.5. The molecule has 0 aromatic carbocycles. The van der Waals surface area contributed by atoms with Crippen LogP contribution in [-0.4, -0.2) is 71.1 Å². The SMILES string of the molecule is CC/C=C\C/C=C\C/C=C\C/C=C\C=C/C(O)C/C=C\CCC(=O)O[C@H](COC(=O)CCCCCCCCCCCCCCC)COP(=O)(O)OC[C@H](N)C(=O)O. The van der Waals surface area contributed by atoms with Crippen LogP contribution < -0.4 is 5.73 Å². The zero-order valence-electron chi connectivity index (χ0n) is 34.8. The predicted molar refractivity (Wildman–Crippen MR) is 227 cm³/mol. The lowest BCUT2D eigenvalue weighted by Crippen LogP contribution is -2.34. The molecule has 5 N–H and O–H groups in total. The van der Waals surface area contributed by atoms with Crippen molar-refractivity contribution in [1.29, 1.82) is 0 Å². The van der Waals surface area contributed by atoms with Crippen LogP contribution in [0.1, 0.15) is 149 Å². The summed E-state index contributed by atoms with van der Waals surface area (Å²) >= 11 is 0. The van der Waals surface area contributed by atoms with Crippen molar-refractivity contribution in [2.45, 2.75) is 167 Å². The van der Waals surface area contributed by atoms with Crippen LogP contribution in [0.3, 0.4) is 0 Å². The lowest BCUT2D eigenvalue weighted by molar-refractivity contribution is -0.161. The number of allylic oxidation sites excluding steroid dienone is 10. The number of hydrogen-bond donors (Lipinski definition) is 4. The summed E-state index contributed by atoms with van der Waals surface area (Å²) in [4.78, 5) is 45.9. The lowest BCUT2D eigenvalue weighted by atomic mass is 10.0. The van der Waals surface area contributed by atoms with Crippen molar-refractivity contribution >= 4 is 25.7 Å². The Morgan fingerprint density at radius 3 is 1.77 bits per heavy atom. The third-order valence-corrected chi connectivity index (χ3v) is 9.51. The fourth-order valence-corrected chi connectivity index (χ4v) is 6.01. The minimum Gasteiger partial charge on any atom is -0.480 e. The maximum atomic E-state index is 12.6. The highest BCUT2D eigenvalue weighted by atomic mass is 31.2. The van der Waals surface area contributed by atoms with Gasteiger partial charge >= 0.3 is 25.7 Å². The molecule has 0 aromatic rings. The number of aliphatic hydroxyl groups is 1. The number of rotatable bonds is 38. The van der Waals surface area contributed by atoms with Crippen molar-refractivity contribution < 1.29 is 52.6 Å². The van der Waals surface area contributed by atoms with E-state index in [1.807, 2.05) is 12.2 Å². The van der Waals surface area contributed by atoms with Crippen molar-refractivity contribution in [2.75, 3.05) is 19.8 Å². The Bertz CT molecular complexity index is 1260. The van der Waals surface area contributed by atoms with Gasteiger partial charge in [0, 0.05) is 12.8 Å². The summed E-state index contributed by atoms with van der Waals surface area (Å²) in [5, 5.41) is 19.1. The first kappa shape index (κ1) is 53.9. The number of hydrogen-bond acceptors (Lipinski definition) is 10. The Hall–Kier alpha value is -3.12.